The van der Waals surface area contributed by atoms with E-state index in [0.29, 0.717) is 17.3 Å². The number of anilines is 3. The summed E-state index contributed by atoms with van der Waals surface area (Å²) in [4.78, 5) is 24.0. The van der Waals surface area contributed by atoms with Crippen molar-refractivity contribution in [3.05, 3.63) is 71.5 Å². The minimum absolute atomic E-state index is 0.233. The second-order valence-electron chi connectivity index (χ2n) is 6.93. The molecular weight excluding hydrogens is 352 g/mol. The minimum Gasteiger partial charge on any atom is -0.497 e. The van der Waals surface area contributed by atoms with Crippen LogP contribution in [0.1, 0.15) is 28.7 Å². The highest BCUT2D eigenvalue weighted by atomic mass is 16.5. The maximum Gasteiger partial charge on any atom is 0.274 e. The molecule has 1 atom stereocenters. The van der Waals surface area contributed by atoms with Crippen LogP contribution in [0.4, 0.5) is 17.3 Å². The van der Waals surface area contributed by atoms with Crippen molar-refractivity contribution in [3.8, 4) is 5.75 Å². The second-order valence-corrected chi connectivity index (χ2v) is 6.93. The fourth-order valence-corrected chi connectivity index (χ4v) is 3.52. The Morgan fingerprint density at radius 3 is 2.64 bits per heavy atom. The van der Waals surface area contributed by atoms with E-state index in [1.165, 1.54) is 5.56 Å². The molecule has 1 unspecified atom stereocenters. The first-order valence-electron chi connectivity index (χ1n) is 9.23. The summed E-state index contributed by atoms with van der Waals surface area (Å²) in [6.45, 7) is 4.02. The number of aryl methyl sites for hydroxylation is 1. The van der Waals surface area contributed by atoms with E-state index in [-0.39, 0.29) is 11.9 Å². The second kappa shape index (κ2) is 7.31. The smallest absolute Gasteiger partial charge is 0.274 e. The fraction of sp³-hybridized carbons (Fsp3) is 0.227. The van der Waals surface area contributed by atoms with E-state index in [0.717, 1.165) is 23.6 Å². The van der Waals surface area contributed by atoms with E-state index in [1.807, 2.05) is 19.1 Å². The molecule has 2 aromatic carbocycles. The third-order valence-corrected chi connectivity index (χ3v) is 4.85. The molecule has 1 aromatic heterocycles. The van der Waals surface area contributed by atoms with Crippen molar-refractivity contribution in [2.75, 3.05) is 17.3 Å². The lowest BCUT2D eigenvalue weighted by molar-refractivity contribution is 0.102. The summed E-state index contributed by atoms with van der Waals surface area (Å²) < 4.78 is 5.15. The molecule has 142 valence electrons. The molecule has 3 aromatic rings. The summed E-state index contributed by atoms with van der Waals surface area (Å²) in [6.07, 6.45) is 0.931. The average Bonchev–Trinajstić information content (AvgIpc) is 3.03. The van der Waals surface area contributed by atoms with E-state index < -0.39 is 0 Å². The molecule has 0 spiro atoms. The molecule has 1 amide bonds. The molecule has 6 nitrogen and oxygen atoms in total. The highest BCUT2D eigenvalue weighted by molar-refractivity contribution is 6.03. The van der Waals surface area contributed by atoms with Crippen molar-refractivity contribution in [2.24, 2.45) is 0 Å². The summed E-state index contributed by atoms with van der Waals surface area (Å²) >= 11 is 0. The standard InChI is InChI=1S/C22H22N4O2/c1-14-12-19(21(27)24-17-8-10-18(28-3)11-9-17)25-22(23-14)26-15(2)13-16-6-4-5-7-20(16)26/h4-12,15H,13H2,1-3H3,(H,24,27). The van der Waals surface area contributed by atoms with Crippen molar-refractivity contribution in [2.45, 2.75) is 26.3 Å². The molecule has 6 heteroatoms. The zero-order chi connectivity index (χ0) is 19.7. The van der Waals surface area contributed by atoms with Gasteiger partial charge in [-0.25, -0.2) is 9.97 Å². The topological polar surface area (TPSA) is 67.3 Å². The van der Waals surface area contributed by atoms with Crippen molar-refractivity contribution >= 4 is 23.2 Å². The third kappa shape index (κ3) is 3.41. The molecule has 0 saturated carbocycles. The van der Waals surface area contributed by atoms with Gasteiger partial charge in [-0.05, 0) is 62.2 Å². The molecule has 4 rings (SSSR count). The van der Waals surface area contributed by atoms with Gasteiger partial charge >= 0.3 is 0 Å². The lowest BCUT2D eigenvalue weighted by Gasteiger charge is -2.23. The van der Waals surface area contributed by atoms with E-state index in [9.17, 15) is 4.79 Å². The number of nitrogens with one attached hydrogen (secondary N) is 1. The van der Waals surface area contributed by atoms with E-state index >= 15 is 0 Å². The molecule has 1 aliphatic heterocycles. The number of benzene rings is 2. The van der Waals surface area contributed by atoms with Crippen LogP contribution in [0.5, 0.6) is 5.75 Å². The normalized spacial score (nSPS) is 15.2. The predicted molar refractivity (Wildman–Crippen MR) is 109 cm³/mol. The zero-order valence-corrected chi connectivity index (χ0v) is 16.1. The number of hydrogen-bond donors (Lipinski definition) is 1. The van der Waals surface area contributed by atoms with Crippen LogP contribution in [0, 0.1) is 6.92 Å². The maximum atomic E-state index is 12.8. The Labute approximate surface area is 164 Å². The lowest BCUT2D eigenvalue weighted by Crippen LogP contribution is -2.27. The first-order chi connectivity index (χ1) is 13.5. The van der Waals surface area contributed by atoms with Crippen molar-refractivity contribution in [1.82, 2.24) is 9.97 Å². The van der Waals surface area contributed by atoms with Gasteiger partial charge in [-0.1, -0.05) is 18.2 Å². The molecule has 28 heavy (non-hydrogen) atoms. The van der Waals surface area contributed by atoms with Gasteiger partial charge in [0.2, 0.25) is 5.95 Å². The largest absolute Gasteiger partial charge is 0.497 e. The summed E-state index contributed by atoms with van der Waals surface area (Å²) in [5.74, 6) is 1.02. The quantitative estimate of drug-likeness (QED) is 0.744. The lowest BCUT2D eigenvalue weighted by atomic mass is 10.1. The Bertz CT molecular complexity index is 1020. The first kappa shape index (κ1) is 18.0. The first-order valence-corrected chi connectivity index (χ1v) is 9.23. The average molecular weight is 374 g/mol. The fourth-order valence-electron chi connectivity index (χ4n) is 3.52. The van der Waals surface area contributed by atoms with Crippen molar-refractivity contribution in [1.29, 1.82) is 0 Å². The molecule has 0 aliphatic carbocycles. The Hall–Kier alpha value is -3.41. The molecule has 2 heterocycles. The number of aromatic nitrogens is 2. The van der Waals surface area contributed by atoms with Gasteiger partial charge < -0.3 is 15.0 Å². The molecule has 0 saturated heterocycles. The number of fused-ring (bicyclic) bond motifs is 1. The molecule has 1 N–H and O–H groups in total. The highest BCUT2D eigenvalue weighted by Gasteiger charge is 2.29. The number of rotatable bonds is 4. The van der Waals surface area contributed by atoms with E-state index in [2.05, 4.69) is 39.2 Å². The Morgan fingerprint density at radius 2 is 1.89 bits per heavy atom. The van der Waals surface area contributed by atoms with Crippen LogP contribution in [0.25, 0.3) is 0 Å². The number of methoxy groups -OCH3 is 1. The molecule has 0 bridgehead atoms. The van der Waals surface area contributed by atoms with Crippen LogP contribution in [-0.2, 0) is 6.42 Å². The molecule has 1 aliphatic rings. The number of nitrogens with zero attached hydrogens (tertiary/aromatic N) is 3. The van der Waals surface area contributed by atoms with Crippen LogP contribution < -0.4 is 15.0 Å². The van der Waals surface area contributed by atoms with Gasteiger partial charge in [-0.2, -0.15) is 0 Å². The monoisotopic (exact) mass is 374 g/mol. The summed E-state index contributed by atoms with van der Waals surface area (Å²) in [7, 11) is 1.61. The minimum atomic E-state index is -0.267. The van der Waals surface area contributed by atoms with E-state index in [1.54, 1.807) is 37.4 Å². The molecular formula is C22H22N4O2. The Morgan fingerprint density at radius 1 is 1.14 bits per heavy atom. The maximum absolute atomic E-state index is 12.8. The number of carbonyl (C=O) groups excluding carboxylic acids is 1. The van der Waals surface area contributed by atoms with Gasteiger partial charge in [0.05, 0.1) is 7.11 Å². The van der Waals surface area contributed by atoms with Crippen LogP contribution in [0.3, 0.4) is 0 Å². The number of hydrogen-bond acceptors (Lipinski definition) is 5. The summed E-state index contributed by atoms with van der Waals surface area (Å²) in [6, 6.07) is 17.4. The van der Waals surface area contributed by atoms with Gasteiger partial charge in [0.1, 0.15) is 11.4 Å². The molecule has 0 fully saturated rings. The number of para-hydroxylation sites is 1. The van der Waals surface area contributed by atoms with Gasteiger partial charge in [-0.15, -0.1) is 0 Å². The highest BCUT2D eigenvalue weighted by Crippen LogP contribution is 2.36. The molecule has 0 radical (unpaired) electrons. The van der Waals surface area contributed by atoms with Crippen molar-refractivity contribution < 1.29 is 9.53 Å². The van der Waals surface area contributed by atoms with Crippen LogP contribution in [0.15, 0.2) is 54.6 Å². The van der Waals surface area contributed by atoms with Crippen LogP contribution >= 0.6 is 0 Å². The number of carbonyl (C=O) groups is 1. The SMILES string of the molecule is COc1ccc(NC(=O)c2cc(C)nc(N3c4ccccc4CC3C)n2)cc1. The van der Waals surface area contributed by atoms with Crippen molar-refractivity contribution in [3.63, 3.8) is 0 Å². The number of ether oxygens (including phenoxy) is 1. The van der Waals surface area contributed by atoms with Gasteiger partial charge in [0.25, 0.3) is 5.91 Å². The van der Waals surface area contributed by atoms with Gasteiger partial charge in [0.15, 0.2) is 0 Å². The van der Waals surface area contributed by atoms with Crippen LogP contribution in [-0.4, -0.2) is 29.0 Å². The van der Waals surface area contributed by atoms with E-state index in [4.69, 9.17) is 4.74 Å². The summed E-state index contributed by atoms with van der Waals surface area (Å²) in [5, 5.41) is 2.88. The van der Waals surface area contributed by atoms with Gasteiger partial charge in [0, 0.05) is 23.1 Å². The summed E-state index contributed by atoms with van der Waals surface area (Å²) in [5.41, 5.74) is 4.14. The Kier molecular flexibility index (Phi) is 4.69. The Balaban J connectivity index is 1.63. The van der Waals surface area contributed by atoms with Gasteiger partial charge in [-0.3, -0.25) is 4.79 Å². The zero-order valence-electron chi connectivity index (χ0n) is 16.1. The third-order valence-electron chi connectivity index (χ3n) is 4.85. The number of amides is 1. The van der Waals surface area contributed by atoms with Crippen LogP contribution in [0.2, 0.25) is 0 Å². The predicted octanol–water partition coefficient (Wildman–Crippen LogP) is 4.13.